The van der Waals surface area contributed by atoms with Gasteiger partial charge in [-0.05, 0) is 83.4 Å². The first-order valence-electron chi connectivity index (χ1n) is 13.5. The van der Waals surface area contributed by atoms with Crippen LogP contribution in [-0.2, 0) is 12.8 Å². The maximum absolute atomic E-state index is 12.9. The number of hydrogen-bond donors (Lipinski definition) is 2. The molecule has 0 bridgehead atoms. The van der Waals surface area contributed by atoms with E-state index in [1.807, 2.05) is 62.6 Å². The number of phenolic OH excluding ortho intramolecular Hbond substituents is 2. The number of halogens is 5. The van der Waals surface area contributed by atoms with Gasteiger partial charge < -0.3 is 10.2 Å². The summed E-state index contributed by atoms with van der Waals surface area (Å²) < 4.78 is 3.94. The van der Waals surface area contributed by atoms with Crippen LogP contribution in [0.1, 0.15) is 57.3 Å². The Hall–Kier alpha value is -3.22. The summed E-state index contributed by atoms with van der Waals surface area (Å²) in [6.45, 7) is 3.92. The molecule has 2 N–H and O–H groups in total. The van der Waals surface area contributed by atoms with E-state index in [-0.39, 0.29) is 33.1 Å². The van der Waals surface area contributed by atoms with Crippen LogP contribution in [0.4, 0.5) is 0 Å². The van der Waals surface area contributed by atoms with Crippen LogP contribution < -0.4 is 0 Å². The SMILES string of the molecule is BrBr.CCc1nc2ccccn2c1C(=O)c1cc(Cl)c(O)c(Br)c1.CCc1nc2ccccn2c1C(=O)c1ccc(O)c(Cl)c1. The number of hydrogen-bond acceptors (Lipinski definition) is 6. The average Bonchev–Trinajstić information content (AvgIpc) is 3.63. The summed E-state index contributed by atoms with van der Waals surface area (Å²) in [6, 6.07) is 18.7. The Kier molecular flexibility index (Phi) is 11.8. The fourth-order valence-corrected chi connectivity index (χ4v) is 5.66. The molecule has 0 saturated heterocycles. The Balaban J connectivity index is 0.000000194. The second-order valence-corrected chi connectivity index (χ2v) is 11.2. The summed E-state index contributed by atoms with van der Waals surface area (Å²) in [7, 11) is 0. The van der Waals surface area contributed by atoms with Gasteiger partial charge in [0, 0.05) is 51.8 Å². The van der Waals surface area contributed by atoms with E-state index in [1.165, 1.54) is 18.2 Å². The third-order valence-electron chi connectivity index (χ3n) is 6.79. The van der Waals surface area contributed by atoms with Gasteiger partial charge in [-0.3, -0.25) is 18.4 Å². The highest BCUT2D eigenvalue weighted by atomic mass is 80.9. The van der Waals surface area contributed by atoms with Crippen molar-refractivity contribution < 1.29 is 19.8 Å². The van der Waals surface area contributed by atoms with Crippen LogP contribution in [0.3, 0.4) is 0 Å². The maximum Gasteiger partial charge on any atom is 0.211 e. The minimum Gasteiger partial charge on any atom is -0.506 e. The largest absolute Gasteiger partial charge is 0.506 e. The van der Waals surface area contributed by atoms with Crippen LogP contribution in [0.15, 0.2) is 83.6 Å². The number of aromatic nitrogens is 4. The van der Waals surface area contributed by atoms with E-state index in [0.717, 1.165) is 22.7 Å². The van der Waals surface area contributed by atoms with Gasteiger partial charge in [0.2, 0.25) is 11.6 Å². The number of carbonyl (C=O) groups excluding carboxylic acids is 2. The van der Waals surface area contributed by atoms with Crippen molar-refractivity contribution in [2.24, 2.45) is 0 Å². The zero-order valence-corrected chi connectivity index (χ0v) is 30.1. The van der Waals surface area contributed by atoms with Crippen LogP contribution in [0.2, 0.25) is 10.0 Å². The quantitative estimate of drug-likeness (QED) is 0.162. The zero-order valence-electron chi connectivity index (χ0n) is 23.8. The molecule has 0 spiro atoms. The monoisotopic (exact) mass is 836 g/mol. The summed E-state index contributed by atoms with van der Waals surface area (Å²) in [5, 5.41) is 19.5. The molecule has 6 rings (SSSR count). The van der Waals surface area contributed by atoms with Crippen LogP contribution in [0.5, 0.6) is 11.5 Å². The molecule has 13 heteroatoms. The first-order chi connectivity index (χ1) is 21.6. The van der Waals surface area contributed by atoms with Gasteiger partial charge in [0.05, 0.1) is 25.9 Å². The number of pyridine rings is 2. The number of ketones is 2. The number of nitrogens with zero attached hydrogens (tertiary/aromatic N) is 4. The molecular weight excluding hydrogens is 815 g/mol. The Bertz CT molecular complexity index is 2000. The third kappa shape index (κ3) is 7.28. The second kappa shape index (κ2) is 15.4. The lowest BCUT2D eigenvalue weighted by atomic mass is 10.1. The van der Waals surface area contributed by atoms with E-state index in [4.69, 9.17) is 23.2 Å². The molecule has 0 aliphatic heterocycles. The molecule has 8 nitrogen and oxygen atoms in total. The predicted octanol–water partition coefficient (Wildman–Crippen LogP) is 9.43. The van der Waals surface area contributed by atoms with Gasteiger partial charge in [-0.15, -0.1) is 0 Å². The molecule has 45 heavy (non-hydrogen) atoms. The maximum atomic E-state index is 12.9. The lowest BCUT2D eigenvalue weighted by Crippen LogP contribution is -2.08. The molecule has 6 aromatic rings. The number of aromatic hydroxyl groups is 2. The van der Waals surface area contributed by atoms with E-state index in [9.17, 15) is 19.8 Å². The topological polar surface area (TPSA) is 109 Å². The fourth-order valence-electron chi connectivity index (χ4n) is 4.68. The minimum atomic E-state index is -0.182. The van der Waals surface area contributed by atoms with Gasteiger partial charge in [-0.1, -0.05) is 49.2 Å². The highest BCUT2D eigenvalue weighted by Crippen LogP contribution is 2.34. The average molecular weight is 840 g/mol. The van der Waals surface area contributed by atoms with Crippen LogP contribution >= 0.6 is 67.4 Å². The molecule has 232 valence electrons. The van der Waals surface area contributed by atoms with E-state index in [0.29, 0.717) is 39.8 Å². The van der Waals surface area contributed by atoms with Crippen molar-refractivity contribution in [3.05, 3.63) is 128 Å². The molecule has 0 saturated carbocycles. The molecule has 0 unspecified atom stereocenters. The number of carbonyl (C=O) groups is 2. The number of phenols is 2. The molecule has 0 amide bonds. The van der Waals surface area contributed by atoms with Crippen molar-refractivity contribution in [2.75, 3.05) is 0 Å². The highest BCUT2D eigenvalue weighted by Gasteiger charge is 2.22. The number of aryl methyl sites for hydroxylation is 2. The first-order valence-corrected chi connectivity index (χ1v) is 18.7. The van der Waals surface area contributed by atoms with E-state index in [1.54, 1.807) is 20.9 Å². The van der Waals surface area contributed by atoms with Gasteiger partial charge in [0.1, 0.15) is 34.2 Å². The Morgan fingerprint density at radius 1 is 0.733 bits per heavy atom. The molecule has 0 aliphatic rings. The summed E-state index contributed by atoms with van der Waals surface area (Å²) in [6.07, 6.45) is 4.94. The van der Waals surface area contributed by atoms with Crippen molar-refractivity contribution in [3.63, 3.8) is 0 Å². The van der Waals surface area contributed by atoms with Crippen molar-refractivity contribution in [2.45, 2.75) is 26.7 Å². The van der Waals surface area contributed by atoms with Gasteiger partial charge in [0.25, 0.3) is 0 Å². The Labute approximate surface area is 292 Å². The fraction of sp³-hybridized carbons (Fsp3) is 0.125. The number of benzene rings is 2. The van der Waals surface area contributed by atoms with E-state index < -0.39 is 0 Å². The second-order valence-electron chi connectivity index (χ2n) is 9.49. The lowest BCUT2D eigenvalue weighted by Gasteiger charge is -2.06. The molecule has 0 atom stereocenters. The van der Waals surface area contributed by atoms with Crippen LogP contribution in [0.25, 0.3) is 11.3 Å². The third-order valence-corrected chi connectivity index (χ3v) is 7.99. The zero-order chi connectivity index (χ0) is 32.8. The van der Waals surface area contributed by atoms with Gasteiger partial charge in [-0.2, -0.15) is 0 Å². The molecule has 4 aromatic heterocycles. The van der Waals surface area contributed by atoms with Crippen LogP contribution in [0, 0.1) is 0 Å². The predicted molar refractivity (Wildman–Crippen MR) is 188 cm³/mol. The van der Waals surface area contributed by atoms with Crippen LogP contribution in [-0.4, -0.2) is 40.5 Å². The van der Waals surface area contributed by atoms with Gasteiger partial charge >= 0.3 is 0 Å². The summed E-state index contributed by atoms with van der Waals surface area (Å²) in [4.78, 5) is 34.6. The van der Waals surface area contributed by atoms with Gasteiger partial charge in [0.15, 0.2) is 0 Å². The molecule has 0 aliphatic carbocycles. The molecule has 0 radical (unpaired) electrons. The summed E-state index contributed by atoms with van der Waals surface area (Å²) in [5.74, 6) is -0.459. The smallest absolute Gasteiger partial charge is 0.211 e. The summed E-state index contributed by atoms with van der Waals surface area (Å²) >= 11 is 20.6. The normalized spacial score (nSPS) is 10.6. The van der Waals surface area contributed by atoms with E-state index in [2.05, 4.69) is 54.2 Å². The van der Waals surface area contributed by atoms with Gasteiger partial charge in [-0.25, -0.2) is 9.97 Å². The number of fused-ring (bicyclic) bond motifs is 2. The molecule has 0 fully saturated rings. The Morgan fingerprint density at radius 3 is 1.69 bits per heavy atom. The van der Waals surface area contributed by atoms with Crippen molar-refractivity contribution in [1.29, 1.82) is 0 Å². The first kappa shape index (κ1) is 34.6. The van der Waals surface area contributed by atoms with E-state index >= 15 is 0 Å². The highest BCUT2D eigenvalue weighted by molar-refractivity contribution is 9.93. The standard InChI is InChI=1S/C16H12BrClN2O2.C16H13ClN2O2.Br2/c1-2-12-14(20-6-4-3-5-13(20)19-12)15(21)9-7-10(17)16(22)11(18)8-9;1-2-12-15(19-8-4-3-5-14(19)18-12)16(21)10-6-7-13(20)11(17)9-10;1-2/h3-8,22H,2H2,1H3;3-9,20H,2H2,1H3;. The summed E-state index contributed by atoms with van der Waals surface area (Å²) in [5.41, 5.74) is 4.83. The van der Waals surface area contributed by atoms with Crippen molar-refractivity contribution >= 4 is 90.2 Å². The number of rotatable bonds is 6. The lowest BCUT2D eigenvalue weighted by molar-refractivity contribution is 0.102. The van der Waals surface area contributed by atoms with Crippen molar-refractivity contribution in [3.8, 4) is 11.5 Å². The number of imidazole rings is 2. The Morgan fingerprint density at radius 2 is 1.22 bits per heavy atom. The minimum absolute atomic E-state index is 0.0397. The molecular formula is C32H25Br3Cl2N4O4. The molecule has 2 aromatic carbocycles. The molecule has 4 heterocycles. The van der Waals surface area contributed by atoms with Crippen molar-refractivity contribution in [1.82, 2.24) is 18.8 Å².